The maximum atomic E-state index is 11.0. The van der Waals surface area contributed by atoms with Crippen molar-refractivity contribution >= 4 is 19.9 Å². The van der Waals surface area contributed by atoms with E-state index in [4.69, 9.17) is 14.9 Å². The number of aliphatic carboxylic acids is 1. The Bertz CT molecular complexity index is 450. The second-order valence-electron chi connectivity index (χ2n) is 3.25. The van der Waals surface area contributed by atoms with Crippen LogP contribution in [0, 0.1) is 0 Å². The first-order valence-corrected chi connectivity index (χ1v) is 5.58. The van der Waals surface area contributed by atoms with E-state index in [0.717, 1.165) is 5.56 Å². The highest BCUT2D eigenvalue weighted by atomic mass is 31.2. The van der Waals surface area contributed by atoms with Gasteiger partial charge >= 0.3 is 5.97 Å². The minimum atomic E-state index is -2.32. The molecule has 0 heterocycles. The van der Waals surface area contributed by atoms with Crippen LogP contribution >= 0.6 is 8.38 Å². The summed E-state index contributed by atoms with van der Waals surface area (Å²) in [6.45, 7) is 0. The highest BCUT2D eigenvalue weighted by Gasteiger charge is 2.29. The number of carbonyl (C=O) groups is 1. The zero-order valence-corrected chi connectivity index (χ0v) is 8.61. The number of carboxylic acid groups (broad SMARTS) is 1. The van der Waals surface area contributed by atoms with Crippen molar-refractivity contribution in [3.8, 4) is 0 Å². The SMILES string of the molecule is O=C(O)C1=C(P(O)O)Cc2ccccc21. The smallest absolute Gasteiger partial charge is 0.336 e. The van der Waals surface area contributed by atoms with E-state index in [1.54, 1.807) is 24.3 Å². The maximum Gasteiger partial charge on any atom is 0.336 e. The normalized spacial score (nSPS) is 14.6. The summed E-state index contributed by atoms with van der Waals surface area (Å²) in [7, 11) is -2.32. The number of benzene rings is 1. The Morgan fingerprint density at radius 3 is 2.53 bits per heavy atom. The average Bonchev–Trinajstić information content (AvgIpc) is 2.56. The molecule has 0 aliphatic heterocycles. The van der Waals surface area contributed by atoms with Crippen LogP contribution in [0.3, 0.4) is 0 Å². The lowest BCUT2D eigenvalue weighted by molar-refractivity contribution is -0.130. The Hall–Kier alpha value is -1.22. The summed E-state index contributed by atoms with van der Waals surface area (Å²) in [5.41, 5.74) is 1.47. The molecular formula is C10H9O4P. The van der Waals surface area contributed by atoms with Crippen LogP contribution in [0.5, 0.6) is 0 Å². The minimum absolute atomic E-state index is 0.0433. The van der Waals surface area contributed by atoms with Crippen LogP contribution in [0.15, 0.2) is 29.6 Å². The van der Waals surface area contributed by atoms with Crippen LogP contribution in [0.25, 0.3) is 5.57 Å². The number of hydrogen-bond acceptors (Lipinski definition) is 3. The van der Waals surface area contributed by atoms with Gasteiger partial charge in [0.25, 0.3) is 0 Å². The van der Waals surface area contributed by atoms with Crippen LogP contribution in [-0.4, -0.2) is 20.9 Å². The minimum Gasteiger partial charge on any atom is -0.478 e. The van der Waals surface area contributed by atoms with Crippen molar-refractivity contribution < 1.29 is 19.7 Å². The lowest BCUT2D eigenvalue weighted by Gasteiger charge is -2.04. The van der Waals surface area contributed by atoms with Crippen molar-refractivity contribution in [3.05, 3.63) is 40.7 Å². The fourth-order valence-electron chi connectivity index (χ4n) is 1.75. The van der Waals surface area contributed by atoms with Crippen LogP contribution in [0.1, 0.15) is 11.1 Å². The predicted octanol–water partition coefficient (Wildman–Crippen LogP) is 1.33. The van der Waals surface area contributed by atoms with Gasteiger partial charge in [-0.3, -0.25) is 0 Å². The number of allylic oxidation sites excluding steroid dienone is 1. The number of carboxylic acids is 1. The van der Waals surface area contributed by atoms with E-state index in [-0.39, 0.29) is 10.9 Å². The summed E-state index contributed by atoms with van der Waals surface area (Å²) in [5, 5.41) is 9.23. The Labute approximate surface area is 87.4 Å². The first-order valence-electron chi connectivity index (χ1n) is 4.34. The number of fused-ring (bicyclic) bond motifs is 1. The topological polar surface area (TPSA) is 77.8 Å². The lowest BCUT2D eigenvalue weighted by Crippen LogP contribution is -1.99. The van der Waals surface area contributed by atoms with Crippen molar-refractivity contribution in [2.24, 2.45) is 0 Å². The molecule has 0 unspecified atom stereocenters. The molecule has 1 aromatic rings. The summed E-state index contributed by atoms with van der Waals surface area (Å²) in [4.78, 5) is 29.3. The quantitative estimate of drug-likeness (QED) is 0.662. The molecule has 0 atom stereocenters. The zero-order valence-electron chi connectivity index (χ0n) is 7.71. The van der Waals surface area contributed by atoms with Gasteiger partial charge in [0.05, 0.1) is 5.57 Å². The van der Waals surface area contributed by atoms with Gasteiger partial charge in [-0.2, -0.15) is 0 Å². The molecule has 5 heteroatoms. The van der Waals surface area contributed by atoms with Crippen molar-refractivity contribution in [3.63, 3.8) is 0 Å². The van der Waals surface area contributed by atoms with E-state index in [2.05, 4.69) is 0 Å². The van der Waals surface area contributed by atoms with Crippen molar-refractivity contribution in [1.29, 1.82) is 0 Å². The van der Waals surface area contributed by atoms with E-state index in [1.807, 2.05) is 0 Å². The van der Waals surface area contributed by atoms with Gasteiger partial charge < -0.3 is 14.9 Å². The first kappa shape index (κ1) is 10.3. The fraction of sp³-hybridized carbons (Fsp3) is 0.100. The Morgan fingerprint density at radius 1 is 1.27 bits per heavy atom. The van der Waals surface area contributed by atoms with E-state index < -0.39 is 14.3 Å². The summed E-state index contributed by atoms with van der Waals surface area (Å²) in [6.07, 6.45) is 0.316. The molecule has 0 fully saturated rings. The van der Waals surface area contributed by atoms with Crippen molar-refractivity contribution in [2.45, 2.75) is 6.42 Å². The molecule has 0 bridgehead atoms. The second-order valence-corrected chi connectivity index (χ2v) is 4.37. The summed E-state index contributed by atoms with van der Waals surface area (Å²) in [6, 6.07) is 7.02. The average molecular weight is 224 g/mol. The zero-order chi connectivity index (χ0) is 11.0. The van der Waals surface area contributed by atoms with Gasteiger partial charge in [-0.1, -0.05) is 24.3 Å². The monoisotopic (exact) mass is 224 g/mol. The summed E-state index contributed by atoms with van der Waals surface area (Å²) < 4.78 is 0. The highest BCUT2D eigenvalue weighted by molar-refractivity contribution is 7.50. The molecule has 78 valence electrons. The largest absolute Gasteiger partial charge is 0.478 e. The standard InChI is InChI=1S/C10H9O4P/c11-10(12)9-7-4-2-1-3-6(7)5-8(9)15(13)14/h1-4,13-14H,5H2,(H,11,12). The molecule has 0 amide bonds. The van der Waals surface area contributed by atoms with Gasteiger partial charge in [-0.25, -0.2) is 4.79 Å². The molecule has 4 nitrogen and oxygen atoms in total. The number of rotatable bonds is 2. The molecule has 1 aliphatic rings. The van der Waals surface area contributed by atoms with Crippen LogP contribution in [0.4, 0.5) is 0 Å². The summed E-state index contributed by atoms with van der Waals surface area (Å²) in [5.74, 6) is -1.11. The Morgan fingerprint density at radius 2 is 1.93 bits per heavy atom. The summed E-state index contributed by atoms with van der Waals surface area (Å²) >= 11 is 0. The molecule has 2 rings (SSSR count). The third-order valence-electron chi connectivity index (χ3n) is 2.39. The highest BCUT2D eigenvalue weighted by Crippen LogP contribution is 2.47. The van der Waals surface area contributed by atoms with Gasteiger partial charge in [0.2, 0.25) is 0 Å². The van der Waals surface area contributed by atoms with Crippen molar-refractivity contribution in [1.82, 2.24) is 0 Å². The molecule has 1 aromatic carbocycles. The molecular weight excluding hydrogens is 215 g/mol. The molecule has 0 spiro atoms. The molecule has 0 aromatic heterocycles. The lowest BCUT2D eigenvalue weighted by atomic mass is 10.1. The Balaban J connectivity index is 2.58. The van der Waals surface area contributed by atoms with Crippen LogP contribution in [-0.2, 0) is 11.2 Å². The van der Waals surface area contributed by atoms with Gasteiger partial charge in [0.1, 0.15) is 0 Å². The molecule has 3 N–H and O–H groups in total. The Kier molecular flexibility index (Phi) is 2.57. The molecule has 1 aliphatic carbocycles. The third-order valence-corrected chi connectivity index (χ3v) is 3.25. The van der Waals surface area contributed by atoms with Crippen LogP contribution in [0.2, 0.25) is 0 Å². The molecule has 15 heavy (non-hydrogen) atoms. The van der Waals surface area contributed by atoms with E-state index in [9.17, 15) is 4.79 Å². The maximum absolute atomic E-state index is 11.0. The number of hydrogen-bond donors (Lipinski definition) is 3. The van der Waals surface area contributed by atoms with Gasteiger partial charge in [0, 0.05) is 11.7 Å². The fourth-order valence-corrected chi connectivity index (χ4v) is 2.48. The van der Waals surface area contributed by atoms with E-state index in [1.165, 1.54) is 0 Å². The molecule has 0 saturated carbocycles. The predicted molar refractivity (Wildman–Crippen MR) is 56.1 cm³/mol. The van der Waals surface area contributed by atoms with Gasteiger partial charge in [-0.05, 0) is 11.1 Å². The van der Waals surface area contributed by atoms with Gasteiger partial charge in [-0.15, -0.1) is 0 Å². The second kappa shape index (κ2) is 3.74. The molecule has 0 saturated heterocycles. The third kappa shape index (κ3) is 1.67. The first-order chi connectivity index (χ1) is 7.11. The molecule has 0 radical (unpaired) electrons. The van der Waals surface area contributed by atoms with Crippen LogP contribution < -0.4 is 0 Å². The van der Waals surface area contributed by atoms with E-state index >= 15 is 0 Å². The van der Waals surface area contributed by atoms with Gasteiger partial charge in [0.15, 0.2) is 8.38 Å². The van der Waals surface area contributed by atoms with E-state index in [0.29, 0.717) is 12.0 Å². The van der Waals surface area contributed by atoms with Crippen molar-refractivity contribution in [2.75, 3.05) is 0 Å².